The van der Waals surface area contributed by atoms with E-state index in [1.54, 1.807) is 24.3 Å². The van der Waals surface area contributed by atoms with Gasteiger partial charge in [-0.2, -0.15) is 0 Å². The summed E-state index contributed by atoms with van der Waals surface area (Å²) >= 11 is 0. The lowest BCUT2D eigenvalue weighted by Crippen LogP contribution is -2.18. The first-order valence-electron chi connectivity index (χ1n) is 6.46. The van der Waals surface area contributed by atoms with E-state index in [1.165, 1.54) is 6.26 Å². The van der Waals surface area contributed by atoms with Crippen LogP contribution in [0.2, 0.25) is 0 Å². The van der Waals surface area contributed by atoms with E-state index in [0.29, 0.717) is 35.5 Å². The van der Waals surface area contributed by atoms with E-state index in [2.05, 4.69) is 5.32 Å². The van der Waals surface area contributed by atoms with Crippen LogP contribution >= 0.6 is 0 Å². The van der Waals surface area contributed by atoms with Gasteiger partial charge in [-0.15, -0.1) is 0 Å². The van der Waals surface area contributed by atoms with Gasteiger partial charge < -0.3 is 15.5 Å². The van der Waals surface area contributed by atoms with Crippen molar-refractivity contribution in [3.05, 3.63) is 47.4 Å². The maximum atomic E-state index is 12.3. The lowest BCUT2D eigenvalue weighted by atomic mass is 9.94. The molecule has 0 unspecified atom stereocenters. The van der Waals surface area contributed by atoms with Crippen LogP contribution in [0.4, 0.5) is 11.4 Å². The monoisotopic (exact) mass is 270 g/mol. The van der Waals surface area contributed by atoms with E-state index in [0.717, 1.165) is 6.42 Å². The fourth-order valence-corrected chi connectivity index (χ4v) is 2.39. The standard InChI is InChI=1S/C15H14N2O3/c16-10-4-1-2-5-11(10)17-15(19)9-8-20-13-7-3-6-12(18)14(9)13/h1-2,4-5,8H,3,6-7,16H2,(H,17,19). The molecule has 5 nitrogen and oxygen atoms in total. The molecule has 1 aromatic heterocycles. The van der Waals surface area contributed by atoms with Crippen molar-refractivity contribution in [2.24, 2.45) is 0 Å². The van der Waals surface area contributed by atoms with Crippen LogP contribution in [0.1, 0.15) is 39.3 Å². The second kappa shape index (κ2) is 4.85. The maximum Gasteiger partial charge on any atom is 0.259 e. The van der Waals surface area contributed by atoms with Gasteiger partial charge in [-0.05, 0) is 18.6 Å². The Hall–Kier alpha value is -2.56. The van der Waals surface area contributed by atoms with E-state index in [9.17, 15) is 9.59 Å². The molecule has 0 saturated carbocycles. The maximum absolute atomic E-state index is 12.3. The highest BCUT2D eigenvalue weighted by molar-refractivity contribution is 6.14. The molecule has 1 heterocycles. The Kier molecular flexibility index (Phi) is 3.02. The number of hydrogen-bond acceptors (Lipinski definition) is 4. The second-order valence-electron chi connectivity index (χ2n) is 4.77. The molecular formula is C15H14N2O3. The van der Waals surface area contributed by atoms with Crippen molar-refractivity contribution >= 4 is 23.1 Å². The van der Waals surface area contributed by atoms with Crippen molar-refractivity contribution in [1.82, 2.24) is 0 Å². The van der Waals surface area contributed by atoms with E-state index in [1.807, 2.05) is 0 Å². The van der Waals surface area contributed by atoms with Gasteiger partial charge in [0.15, 0.2) is 5.78 Å². The lowest BCUT2D eigenvalue weighted by molar-refractivity contribution is 0.0955. The van der Waals surface area contributed by atoms with Gasteiger partial charge in [0.2, 0.25) is 0 Å². The third kappa shape index (κ3) is 2.07. The van der Waals surface area contributed by atoms with Crippen molar-refractivity contribution in [3.63, 3.8) is 0 Å². The normalized spacial score (nSPS) is 13.9. The Balaban J connectivity index is 1.91. The van der Waals surface area contributed by atoms with Gasteiger partial charge in [-0.1, -0.05) is 12.1 Å². The van der Waals surface area contributed by atoms with E-state index in [-0.39, 0.29) is 17.3 Å². The van der Waals surface area contributed by atoms with Crippen molar-refractivity contribution in [2.75, 3.05) is 11.1 Å². The second-order valence-corrected chi connectivity index (χ2v) is 4.77. The third-order valence-electron chi connectivity index (χ3n) is 3.41. The van der Waals surface area contributed by atoms with Gasteiger partial charge >= 0.3 is 0 Å². The topological polar surface area (TPSA) is 85.3 Å². The molecule has 3 N–H and O–H groups in total. The Morgan fingerprint density at radius 1 is 1.25 bits per heavy atom. The highest BCUT2D eigenvalue weighted by Gasteiger charge is 2.27. The molecule has 1 amide bonds. The van der Waals surface area contributed by atoms with Crippen LogP contribution in [0.3, 0.4) is 0 Å². The third-order valence-corrected chi connectivity index (χ3v) is 3.41. The Morgan fingerprint density at radius 2 is 2.05 bits per heavy atom. The minimum Gasteiger partial charge on any atom is -0.468 e. The van der Waals surface area contributed by atoms with Gasteiger partial charge in [0, 0.05) is 12.8 Å². The number of carbonyl (C=O) groups is 2. The van der Waals surface area contributed by atoms with Crippen molar-refractivity contribution in [2.45, 2.75) is 19.3 Å². The number of anilines is 2. The molecule has 1 aliphatic rings. The molecule has 20 heavy (non-hydrogen) atoms. The van der Waals surface area contributed by atoms with Crippen LogP contribution in [0.5, 0.6) is 0 Å². The molecule has 0 bridgehead atoms. The van der Waals surface area contributed by atoms with Gasteiger partial charge in [0.25, 0.3) is 5.91 Å². The van der Waals surface area contributed by atoms with Crippen LogP contribution in [0.15, 0.2) is 34.9 Å². The Bertz CT molecular complexity index is 688. The average Bonchev–Trinajstić information content (AvgIpc) is 2.87. The number of benzene rings is 1. The number of nitrogen functional groups attached to an aromatic ring is 1. The molecule has 3 rings (SSSR count). The summed E-state index contributed by atoms with van der Waals surface area (Å²) in [6, 6.07) is 6.98. The van der Waals surface area contributed by atoms with Gasteiger partial charge in [0.1, 0.15) is 12.0 Å². The Morgan fingerprint density at radius 3 is 2.85 bits per heavy atom. The SMILES string of the molecule is Nc1ccccc1NC(=O)c1coc2c1C(=O)CCC2. The zero-order chi connectivity index (χ0) is 14.1. The van der Waals surface area contributed by atoms with Gasteiger partial charge in [-0.3, -0.25) is 9.59 Å². The molecule has 0 radical (unpaired) electrons. The molecular weight excluding hydrogens is 256 g/mol. The largest absolute Gasteiger partial charge is 0.468 e. The number of aryl methyl sites for hydroxylation is 1. The number of nitrogens with two attached hydrogens (primary N) is 1. The molecule has 0 spiro atoms. The number of carbonyl (C=O) groups excluding carboxylic acids is 2. The number of furan rings is 1. The summed E-state index contributed by atoms with van der Waals surface area (Å²) in [4.78, 5) is 24.2. The molecule has 1 aliphatic carbocycles. The number of nitrogens with one attached hydrogen (secondary N) is 1. The molecule has 102 valence electrons. The lowest BCUT2D eigenvalue weighted by Gasteiger charge is -2.11. The first kappa shape index (κ1) is 12.5. The first-order chi connectivity index (χ1) is 9.66. The molecule has 0 saturated heterocycles. The smallest absolute Gasteiger partial charge is 0.259 e. The highest BCUT2D eigenvalue weighted by atomic mass is 16.3. The summed E-state index contributed by atoms with van der Waals surface area (Å²) in [6.45, 7) is 0. The van der Waals surface area contributed by atoms with Crippen LogP contribution in [0, 0.1) is 0 Å². The minimum atomic E-state index is -0.372. The fourth-order valence-electron chi connectivity index (χ4n) is 2.39. The van der Waals surface area contributed by atoms with E-state index in [4.69, 9.17) is 10.2 Å². The summed E-state index contributed by atoms with van der Waals surface area (Å²) in [5.74, 6) is 0.196. The quantitative estimate of drug-likeness (QED) is 0.821. The predicted molar refractivity (Wildman–Crippen MR) is 74.8 cm³/mol. The molecule has 0 fully saturated rings. The molecule has 0 atom stereocenters. The summed E-state index contributed by atoms with van der Waals surface area (Å²) in [5, 5.41) is 2.71. The zero-order valence-corrected chi connectivity index (χ0v) is 10.8. The number of Topliss-reactive ketones (excluding diaryl/α,β-unsaturated/α-hetero) is 1. The minimum absolute atomic E-state index is 0.0359. The fraction of sp³-hybridized carbons (Fsp3) is 0.200. The average molecular weight is 270 g/mol. The number of amides is 1. The van der Waals surface area contributed by atoms with Crippen molar-refractivity contribution in [3.8, 4) is 0 Å². The van der Waals surface area contributed by atoms with Gasteiger partial charge in [-0.25, -0.2) is 0 Å². The van der Waals surface area contributed by atoms with Crippen molar-refractivity contribution in [1.29, 1.82) is 0 Å². The first-order valence-corrected chi connectivity index (χ1v) is 6.46. The number of fused-ring (bicyclic) bond motifs is 1. The summed E-state index contributed by atoms with van der Waals surface area (Å²) in [5.41, 5.74) is 7.49. The van der Waals surface area contributed by atoms with Crippen LogP contribution < -0.4 is 11.1 Å². The van der Waals surface area contributed by atoms with Gasteiger partial charge in [0.05, 0.1) is 22.5 Å². The number of hydrogen-bond donors (Lipinski definition) is 2. The van der Waals surface area contributed by atoms with E-state index < -0.39 is 0 Å². The van der Waals surface area contributed by atoms with E-state index >= 15 is 0 Å². The Labute approximate surface area is 115 Å². The van der Waals surface area contributed by atoms with Crippen LogP contribution in [-0.2, 0) is 6.42 Å². The zero-order valence-electron chi connectivity index (χ0n) is 10.8. The van der Waals surface area contributed by atoms with Crippen LogP contribution in [0.25, 0.3) is 0 Å². The summed E-state index contributed by atoms with van der Waals surface area (Å²) in [6.07, 6.45) is 3.27. The molecule has 2 aromatic rings. The number of rotatable bonds is 2. The summed E-state index contributed by atoms with van der Waals surface area (Å²) in [7, 11) is 0. The van der Waals surface area contributed by atoms with Crippen molar-refractivity contribution < 1.29 is 14.0 Å². The highest BCUT2D eigenvalue weighted by Crippen LogP contribution is 2.27. The molecule has 5 heteroatoms. The molecule has 1 aromatic carbocycles. The predicted octanol–water partition coefficient (Wildman–Crippen LogP) is 2.63. The summed E-state index contributed by atoms with van der Waals surface area (Å²) < 4.78 is 5.33. The number of ketones is 1. The molecule has 0 aliphatic heterocycles. The number of para-hydroxylation sites is 2. The van der Waals surface area contributed by atoms with Crippen LogP contribution in [-0.4, -0.2) is 11.7 Å².